The molecule has 0 aliphatic heterocycles. The molecule has 2 nitrogen and oxygen atoms in total. The standard InChI is InChI=1S/C17H14F3NO/c18-17(19,20)14-8-4-5-9-15(14)21-16(22)13-10-12(13)11-6-2-1-3-7-11/h1-9,12-13H,10H2,(H,21,22)/t12-,13-/m0/s1. The van der Waals surface area contributed by atoms with Crippen molar-refractivity contribution in [3.8, 4) is 0 Å². The Morgan fingerprint density at radius 2 is 1.64 bits per heavy atom. The molecule has 0 radical (unpaired) electrons. The van der Waals surface area contributed by atoms with E-state index in [0.29, 0.717) is 6.42 Å². The zero-order chi connectivity index (χ0) is 15.7. The average molecular weight is 305 g/mol. The Labute approximate surface area is 126 Å². The Kier molecular flexibility index (Phi) is 3.64. The number of anilines is 1. The van der Waals surface area contributed by atoms with Crippen LogP contribution >= 0.6 is 0 Å². The molecule has 5 heteroatoms. The molecule has 1 N–H and O–H groups in total. The van der Waals surface area contributed by atoms with Crippen molar-refractivity contribution in [2.75, 3.05) is 5.32 Å². The Balaban J connectivity index is 1.72. The van der Waals surface area contributed by atoms with Gasteiger partial charge in [0, 0.05) is 5.92 Å². The van der Waals surface area contributed by atoms with Gasteiger partial charge in [-0.2, -0.15) is 13.2 Å². The number of hydrogen-bond acceptors (Lipinski definition) is 1. The molecule has 2 aromatic carbocycles. The van der Waals surface area contributed by atoms with Crippen molar-refractivity contribution in [3.05, 3.63) is 65.7 Å². The van der Waals surface area contributed by atoms with Crippen LogP contribution in [0.25, 0.3) is 0 Å². The summed E-state index contributed by atoms with van der Waals surface area (Å²) >= 11 is 0. The minimum Gasteiger partial charge on any atom is -0.325 e. The molecule has 0 bridgehead atoms. The summed E-state index contributed by atoms with van der Waals surface area (Å²) < 4.78 is 38.7. The zero-order valence-corrected chi connectivity index (χ0v) is 11.6. The molecule has 22 heavy (non-hydrogen) atoms. The van der Waals surface area contributed by atoms with Gasteiger partial charge in [-0.1, -0.05) is 42.5 Å². The number of nitrogens with one attached hydrogen (secondary N) is 1. The fourth-order valence-electron chi connectivity index (χ4n) is 2.62. The fourth-order valence-corrected chi connectivity index (χ4v) is 2.62. The Morgan fingerprint density at radius 1 is 1.00 bits per heavy atom. The van der Waals surface area contributed by atoms with Gasteiger partial charge in [0.25, 0.3) is 0 Å². The lowest BCUT2D eigenvalue weighted by Gasteiger charge is -2.13. The third-order valence-corrected chi connectivity index (χ3v) is 3.85. The van der Waals surface area contributed by atoms with Crippen molar-refractivity contribution in [1.29, 1.82) is 0 Å². The quantitative estimate of drug-likeness (QED) is 0.892. The number of amides is 1. The van der Waals surface area contributed by atoms with Crippen molar-refractivity contribution in [2.45, 2.75) is 18.5 Å². The van der Waals surface area contributed by atoms with Crippen LogP contribution in [0.5, 0.6) is 0 Å². The van der Waals surface area contributed by atoms with Crippen molar-refractivity contribution in [1.82, 2.24) is 0 Å². The number of alkyl halides is 3. The Hall–Kier alpha value is -2.30. The van der Waals surface area contributed by atoms with Gasteiger partial charge in [0.1, 0.15) is 0 Å². The van der Waals surface area contributed by atoms with Gasteiger partial charge in [0.15, 0.2) is 0 Å². The second-order valence-electron chi connectivity index (χ2n) is 5.39. The zero-order valence-electron chi connectivity index (χ0n) is 11.6. The summed E-state index contributed by atoms with van der Waals surface area (Å²) in [5.41, 5.74) is 0.0470. The monoisotopic (exact) mass is 305 g/mol. The Morgan fingerprint density at radius 3 is 2.32 bits per heavy atom. The first-order valence-electron chi connectivity index (χ1n) is 6.99. The summed E-state index contributed by atoms with van der Waals surface area (Å²) in [5.74, 6) is -0.520. The lowest BCUT2D eigenvalue weighted by molar-refractivity contribution is -0.137. The van der Waals surface area contributed by atoms with Gasteiger partial charge >= 0.3 is 6.18 Å². The van der Waals surface area contributed by atoms with Crippen LogP contribution in [-0.4, -0.2) is 5.91 Å². The average Bonchev–Trinajstić information content (AvgIpc) is 3.28. The van der Waals surface area contributed by atoms with Gasteiger partial charge in [-0.15, -0.1) is 0 Å². The molecule has 0 unspecified atom stereocenters. The first kappa shape index (κ1) is 14.6. The lowest BCUT2D eigenvalue weighted by Crippen LogP contribution is -2.18. The summed E-state index contributed by atoms with van der Waals surface area (Å²) in [4.78, 5) is 12.2. The molecule has 1 aliphatic carbocycles. The first-order valence-corrected chi connectivity index (χ1v) is 6.99. The predicted molar refractivity (Wildman–Crippen MR) is 77.4 cm³/mol. The summed E-state index contributed by atoms with van der Waals surface area (Å²) in [5, 5.41) is 2.42. The second kappa shape index (κ2) is 5.48. The van der Waals surface area contributed by atoms with Gasteiger partial charge in [-0.05, 0) is 30.0 Å². The maximum Gasteiger partial charge on any atom is 0.418 e. The van der Waals surface area contributed by atoms with Crippen molar-refractivity contribution >= 4 is 11.6 Å². The molecule has 1 saturated carbocycles. The van der Waals surface area contributed by atoms with E-state index in [4.69, 9.17) is 0 Å². The van der Waals surface area contributed by atoms with Gasteiger partial charge < -0.3 is 5.32 Å². The number of rotatable bonds is 3. The van der Waals surface area contributed by atoms with Crippen LogP contribution in [0.3, 0.4) is 0 Å². The summed E-state index contributed by atoms with van der Waals surface area (Å²) in [6.45, 7) is 0. The van der Waals surface area contributed by atoms with Gasteiger partial charge in [0.05, 0.1) is 11.3 Å². The highest BCUT2D eigenvalue weighted by Crippen LogP contribution is 2.48. The fraction of sp³-hybridized carbons (Fsp3) is 0.235. The highest BCUT2D eigenvalue weighted by molar-refractivity contribution is 5.96. The molecule has 114 valence electrons. The summed E-state index contributed by atoms with van der Waals surface area (Å²) in [7, 11) is 0. The highest BCUT2D eigenvalue weighted by atomic mass is 19.4. The molecule has 3 rings (SSSR count). The van der Waals surface area contributed by atoms with Crippen molar-refractivity contribution in [3.63, 3.8) is 0 Å². The third kappa shape index (κ3) is 2.98. The molecular formula is C17H14F3NO. The van der Waals surface area contributed by atoms with E-state index in [1.165, 1.54) is 18.2 Å². The molecule has 0 spiro atoms. The van der Waals surface area contributed by atoms with E-state index in [9.17, 15) is 18.0 Å². The number of carbonyl (C=O) groups excluding carboxylic acids is 1. The van der Waals surface area contributed by atoms with Crippen LogP contribution in [0, 0.1) is 5.92 Å². The van der Waals surface area contributed by atoms with E-state index in [1.54, 1.807) is 0 Å². The molecule has 1 amide bonds. The predicted octanol–water partition coefficient (Wildman–Crippen LogP) is 4.45. The maximum atomic E-state index is 12.9. The van der Waals surface area contributed by atoms with E-state index < -0.39 is 11.7 Å². The SMILES string of the molecule is O=C(Nc1ccccc1C(F)(F)F)[C@H]1C[C@H]1c1ccccc1. The van der Waals surface area contributed by atoms with E-state index in [-0.39, 0.29) is 23.4 Å². The third-order valence-electron chi connectivity index (χ3n) is 3.85. The second-order valence-corrected chi connectivity index (χ2v) is 5.39. The number of hydrogen-bond donors (Lipinski definition) is 1. The lowest BCUT2D eigenvalue weighted by atomic mass is 10.1. The maximum absolute atomic E-state index is 12.9. The first-order chi connectivity index (χ1) is 10.5. The number of benzene rings is 2. The molecule has 2 aromatic rings. The van der Waals surface area contributed by atoms with Crippen LogP contribution in [0.1, 0.15) is 23.5 Å². The molecule has 1 aliphatic rings. The smallest absolute Gasteiger partial charge is 0.325 e. The number of carbonyl (C=O) groups is 1. The molecule has 2 atom stereocenters. The summed E-state index contributed by atoms with van der Waals surface area (Å²) in [6, 6.07) is 14.6. The molecular weight excluding hydrogens is 291 g/mol. The van der Waals surface area contributed by atoms with Crippen LogP contribution in [0.4, 0.5) is 18.9 Å². The van der Waals surface area contributed by atoms with E-state index in [2.05, 4.69) is 5.32 Å². The minimum atomic E-state index is -4.48. The van der Waals surface area contributed by atoms with E-state index in [1.807, 2.05) is 30.3 Å². The normalized spacial score (nSPS) is 20.5. The van der Waals surface area contributed by atoms with Crippen LogP contribution < -0.4 is 5.32 Å². The largest absolute Gasteiger partial charge is 0.418 e. The summed E-state index contributed by atoms with van der Waals surface area (Å²) in [6.07, 6.45) is -3.81. The van der Waals surface area contributed by atoms with Gasteiger partial charge in [0.2, 0.25) is 5.91 Å². The van der Waals surface area contributed by atoms with Crippen molar-refractivity contribution < 1.29 is 18.0 Å². The van der Waals surface area contributed by atoms with Gasteiger partial charge in [-0.3, -0.25) is 4.79 Å². The molecule has 0 heterocycles. The van der Waals surface area contributed by atoms with Crippen molar-refractivity contribution in [2.24, 2.45) is 5.92 Å². The number of para-hydroxylation sites is 1. The molecule has 0 saturated heterocycles. The van der Waals surface area contributed by atoms with Crippen LogP contribution in [0.15, 0.2) is 54.6 Å². The van der Waals surface area contributed by atoms with Crippen LogP contribution in [0.2, 0.25) is 0 Å². The topological polar surface area (TPSA) is 29.1 Å². The van der Waals surface area contributed by atoms with Gasteiger partial charge in [-0.25, -0.2) is 0 Å². The molecule has 1 fully saturated rings. The van der Waals surface area contributed by atoms with Crippen LogP contribution in [-0.2, 0) is 11.0 Å². The highest BCUT2D eigenvalue weighted by Gasteiger charge is 2.44. The van der Waals surface area contributed by atoms with E-state index in [0.717, 1.165) is 11.6 Å². The Bertz CT molecular complexity index is 682. The van der Waals surface area contributed by atoms with E-state index >= 15 is 0 Å². The number of halogens is 3. The molecule has 0 aromatic heterocycles. The minimum absolute atomic E-state index is 0.0965.